The Kier molecular flexibility index (Phi) is 6.58. The predicted octanol–water partition coefficient (Wildman–Crippen LogP) is 4.94. The molecule has 180 valence electrons. The molecule has 0 aliphatic carbocycles. The first-order valence-corrected chi connectivity index (χ1v) is 12.4. The number of halogens is 2. The maximum absolute atomic E-state index is 13.6. The standard InChI is InChI=1S/C27H25F2N3O2S/c1-17-26(33)30-23-16-20(6-11-24(23)35-17)27(34)32-14-12-31(13-15-32)25(18-2-7-21(28)8-3-18)19-4-9-22(29)10-5-19/h2-11,16-17,25H,12-15H2,1H3,(H,30,33). The number of rotatable bonds is 4. The fourth-order valence-corrected chi connectivity index (χ4v) is 5.54. The third kappa shape index (κ3) is 4.94. The summed E-state index contributed by atoms with van der Waals surface area (Å²) < 4.78 is 27.1. The molecule has 5 rings (SSSR count). The van der Waals surface area contributed by atoms with Crippen LogP contribution in [0.5, 0.6) is 0 Å². The lowest BCUT2D eigenvalue weighted by Crippen LogP contribution is -2.49. The van der Waals surface area contributed by atoms with Crippen molar-refractivity contribution in [2.75, 3.05) is 31.5 Å². The molecule has 0 saturated carbocycles. The summed E-state index contributed by atoms with van der Waals surface area (Å²) in [6, 6.07) is 18.0. The fraction of sp³-hybridized carbons (Fsp3) is 0.259. The van der Waals surface area contributed by atoms with E-state index in [-0.39, 0.29) is 34.7 Å². The molecule has 3 aromatic carbocycles. The minimum absolute atomic E-state index is 0.0617. The second kappa shape index (κ2) is 9.79. The van der Waals surface area contributed by atoms with E-state index in [1.165, 1.54) is 36.0 Å². The van der Waals surface area contributed by atoms with Crippen LogP contribution in [0, 0.1) is 11.6 Å². The van der Waals surface area contributed by atoms with Crippen LogP contribution in [0.2, 0.25) is 0 Å². The fourth-order valence-electron chi connectivity index (χ4n) is 4.61. The number of benzene rings is 3. The van der Waals surface area contributed by atoms with E-state index in [4.69, 9.17) is 0 Å². The van der Waals surface area contributed by atoms with Gasteiger partial charge >= 0.3 is 0 Å². The van der Waals surface area contributed by atoms with Crippen molar-refractivity contribution < 1.29 is 18.4 Å². The number of fused-ring (bicyclic) bond motifs is 1. The van der Waals surface area contributed by atoms with Crippen LogP contribution in [0.1, 0.15) is 34.5 Å². The normalized spacial score (nSPS) is 18.3. The minimum atomic E-state index is -0.309. The zero-order valence-corrected chi connectivity index (χ0v) is 20.0. The molecule has 0 radical (unpaired) electrons. The van der Waals surface area contributed by atoms with E-state index in [1.54, 1.807) is 30.3 Å². The molecule has 0 bridgehead atoms. The van der Waals surface area contributed by atoms with Gasteiger partial charge in [-0.15, -0.1) is 11.8 Å². The second-order valence-corrected chi connectivity index (χ2v) is 10.2. The molecule has 2 aliphatic heterocycles. The van der Waals surface area contributed by atoms with Crippen molar-refractivity contribution in [3.8, 4) is 0 Å². The van der Waals surface area contributed by atoms with Crippen LogP contribution in [0.25, 0.3) is 0 Å². The number of amides is 2. The molecule has 0 spiro atoms. The van der Waals surface area contributed by atoms with Gasteiger partial charge in [-0.05, 0) is 60.5 Å². The molecular weight excluding hydrogens is 468 g/mol. The molecule has 8 heteroatoms. The lowest BCUT2D eigenvalue weighted by molar-refractivity contribution is -0.115. The van der Waals surface area contributed by atoms with Gasteiger partial charge in [0.1, 0.15) is 11.6 Å². The zero-order chi connectivity index (χ0) is 24.5. The topological polar surface area (TPSA) is 52.7 Å². The van der Waals surface area contributed by atoms with E-state index in [9.17, 15) is 18.4 Å². The monoisotopic (exact) mass is 493 g/mol. The smallest absolute Gasteiger partial charge is 0.254 e. The molecule has 2 heterocycles. The van der Waals surface area contributed by atoms with E-state index >= 15 is 0 Å². The molecule has 2 aliphatic rings. The van der Waals surface area contributed by atoms with Crippen LogP contribution in [-0.4, -0.2) is 53.0 Å². The molecule has 1 N–H and O–H groups in total. The van der Waals surface area contributed by atoms with Crippen molar-refractivity contribution >= 4 is 29.3 Å². The molecule has 35 heavy (non-hydrogen) atoms. The molecule has 1 fully saturated rings. The van der Waals surface area contributed by atoms with Gasteiger partial charge in [-0.3, -0.25) is 14.5 Å². The number of carbonyl (C=O) groups is 2. The highest BCUT2D eigenvalue weighted by molar-refractivity contribution is 8.00. The third-order valence-electron chi connectivity index (χ3n) is 6.50. The van der Waals surface area contributed by atoms with Crippen LogP contribution in [0.15, 0.2) is 71.6 Å². The summed E-state index contributed by atoms with van der Waals surface area (Å²) in [6.07, 6.45) is 0. The summed E-state index contributed by atoms with van der Waals surface area (Å²) in [4.78, 5) is 30.3. The Labute approximate surface area is 207 Å². The molecule has 2 amide bonds. The highest BCUT2D eigenvalue weighted by Gasteiger charge is 2.30. The number of carbonyl (C=O) groups excluding carboxylic acids is 2. The molecule has 1 atom stereocenters. The minimum Gasteiger partial charge on any atom is -0.336 e. The Morgan fingerprint density at radius 1 is 0.914 bits per heavy atom. The SMILES string of the molecule is CC1Sc2ccc(C(=O)N3CCN(C(c4ccc(F)cc4)c4ccc(F)cc4)CC3)cc2NC1=O. The summed E-state index contributed by atoms with van der Waals surface area (Å²) >= 11 is 1.49. The number of thioether (sulfide) groups is 1. The number of hydrogen-bond donors (Lipinski definition) is 1. The first-order chi connectivity index (χ1) is 16.9. The van der Waals surface area contributed by atoms with Crippen LogP contribution < -0.4 is 5.32 Å². The Bertz CT molecular complexity index is 1200. The van der Waals surface area contributed by atoms with Crippen molar-refractivity contribution in [3.63, 3.8) is 0 Å². The highest BCUT2D eigenvalue weighted by Crippen LogP contribution is 2.36. The third-order valence-corrected chi connectivity index (χ3v) is 7.67. The van der Waals surface area contributed by atoms with E-state index in [1.807, 2.05) is 24.0 Å². The van der Waals surface area contributed by atoms with Crippen LogP contribution in [0.4, 0.5) is 14.5 Å². The van der Waals surface area contributed by atoms with Gasteiger partial charge in [-0.1, -0.05) is 24.3 Å². The van der Waals surface area contributed by atoms with Crippen molar-refractivity contribution in [2.24, 2.45) is 0 Å². The first kappa shape index (κ1) is 23.5. The van der Waals surface area contributed by atoms with Crippen molar-refractivity contribution in [2.45, 2.75) is 23.1 Å². The Morgan fingerprint density at radius 3 is 2.06 bits per heavy atom. The van der Waals surface area contributed by atoms with Gasteiger partial charge in [-0.2, -0.15) is 0 Å². The largest absolute Gasteiger partial charge is 0.336 e. The summed E-state index contributed by atoms with van der Waals surface area (Å²) in [5.41, 5.74) is 3.04. The maximum atomic E-state index is 13.6. The number of nitrogens with one attached hydrogen (secondary N) is 1. The van der Waals surface area contributed by atoms with Gasteiger partial charge in [0.25, 0.3) is 5.91 Å². The number of hydrogen-bond acceptors (Lipinski definition) is 4. The van der Waals surface area contributed by atoms with Crippen LogP contribution >= 0.6 is 11.8 Å². The van der Waals surface area contributed by atoms with Crippen molar-refractivity contribution in [1.29, 1.82) is 0 Å². The van der Waals surface area contributed by atoms with E-state index in [2.05, 4.69) is 10.2 Å². The van der Waals surface area contributed by atoms with E-state index < -0.39 is 0 Å². The number of nitrogens with zero attached hydrogens (tertiary/aromatic N) is 2. The average molecular weight is 494 g/mol. The molecule has 3 aromatic rings. The quantitative estimate of drug-likeness (QED) is 0.559. The Balaban J connectivity index is 1.32. The van der Waals surface area contributed by atoms with Crippen LogP contribution in [-0.2, 0) is 4.79 Å². The van der Waals surface area contributed by atoms with Gasteiger partial charge in [0.2, 0.25) is 5.91 Å². The van der Waals surface area contributed by atoms with Gasteiger partial charge in [0, 0.05) is 36.6 Å². The summed E-state index contributed by atoms with van der Waals surface area (Å²) in [5.74, 6) is -0.758. The zero-order valence-electron chi connectivity index (χ0n) is 19.2. The van der Waals surface area contributed by atoms with Gasteiger partial charge in [0.05, 0.1) is 17.0 Å². The molecule has 0 aromatic heterocycles. The van der Waals surface area contributed by atoms with Crippen molar-refractivity contribution in [1.82, 2.24) is 9.80 Å². The Morgan fingerprint density at radius 2 is 1.49 bits per heavy atom. The maximum Gasteiger partial charge on any atom is 0.254 e. The molecule has 1 saturated heterocycles. The number of anilines is 1. The first-order valence-electron chi connectivity index (χ1n) is 11.5. The average Bonchev–Trinajstić information content (AvgIpc) is 2.87. The van der Waals surface area contributed by atoms with Gasteiger partial charge in [-0.25, -0.2) is 8.78 Å². The summed E-state index contributed by atoms with van der Waals surface area (Å²) in [7, 11) is 0. The predicted molar refractivity (Wildman–Crippen MR) is 133 cm³/mol. The van der Waals surface area contributed by atoms with E-state index in [0.29, 0.717) is 37.4 Å². The lowest BCUT2D eigenvalue weighted by Gasteiger charge is -2.40. The van der Waals surface area contributed by atoms with Crippen LogP contribution in [0.3, 0.4) is 0 Å². The highest BCUT2D eigenvalue weighted by atomic mass is 32.2. The second-order valence-electron chi connectivity index (χ2n) is 8.79. The molecular formula is C27H25F2N3O2S. The molecule has 5 nitrogen and oxygen atoms in total. The number of piperazine rings is 1. The van der Waals surface area contributed by atoms with Gasteiger partial charge < -0.3 is 10.2 Å². The summed E-state index contributed by atoms with van der Waals surface area (Å²) in [5, 5.41) is 2.72. The lowest BCUT2D eigenvalue weighted by atomic mass is 9.96. The Hall–Kier alpha value is -3.23. The molecule has 1 unspecified atom stereocenters. The summed E-state index contributed by atoms with van der Waals surface area (Å²) in [6.45, 7) is 4.12. The van der Waals surface area contributed by atoms with Crippen molar-refractivity contribution in [3.05, 3.63) is 95.1 Å². The van der Waals surface area contributed by atoms with Gasteiger partial charge in [0.15, 0.2) is 0 Å². The van der Waals surface area contributed by atoms with E-state index in [0.717, 1.165) is 16.0 Å².